The Bertz CT molecular complexity index is 943. The standard InChI is InChI=1S/C24H28O6/c1-23(2)8-14(25)21(15(26)9-23)20(13-5-6-18-19(7-13)30-12-29-18)22-16(27)10-24(3,4)11-17(22)28/h5-7,20,25,27H,8-12H2,1-4H3. The van der Waals surface area contributed by atoms with Gasteiger partial charge in [-0.15, -0.1) is 0 Å². The van der Waals surface area contributed by atoms with Crippen molar-refractivity contribution in [2.24, 2.45) is 10.8 Å². The monoisotopic (exact) mass is 412 g/mol. The van der Waals surface area contributed by atoms with E-state index in [9.17, 15) is 19.8 Å². The first-order valence-electron chi connectivity index (χ1n) is 10.3. The Labute approximate surface area is 176 Å². The number of hydrogen-bond donors (Lipinski definition) is 2. The molecule has 160 valence electrons. The van der Waals surface area contributed by atoms with Crippen LogP contribution in [0, 0.1) is 10.8 Å². The summed E-state index contributed by atoms with van der Waals surface area (Å²) >= 11 is 0. The number of aliphatic hydroxyl groups is 2. The molecule has 3 aliphatic rings. The molecular formula is C24H28O6. The molecule has 0 amide bonds. The lowest BCUT2D eigenvalue weighted by Gasteiger charge is -2.36. The lowest BCUT2D eigenvalue weighted by molar-refractivity contribution is -0.119. The molecule has 2 aliphatic carbocycles. The molecule has 0 radical (unpaired) electrons. The number of ketones is 2. The number of benzene rings is 1. The van der Waals surface area contributed by atoms with Gasteiger partial charge in [0.05, 0.1) is 0 Å². The van der Waals surface area contributed by atoms with Crippen molar-refractivity contribution in [1.82, 2.24) is 0 Å². The Morgan fingerprint density at radius 3 is 1.80 bits per heavy atom. The van der Waals surface area contributed by atoms with Gasteiger partial charge >= 0.3 is 0 Å². The molecule has 6 nitrogen and oxygen atoms in total. The van der Waals surface area contributed by atoms with Crippen molar-refractivity contribution in [3.05, 3.63) is 46.4 Å². The van der Waals surface area contributed by atoms with E-state index in [1.165, 1.54) is 0 Å². The fraction of sp³-hybridized carbons (Fsp3) is 0.500. The first-order chi connectivity index (χ1) is 14.0. The molecule has 30 heavy (non-hydrogen) atoms. The van der Waals surface area contributed by atoms with E-state index in [4.69, 9.17) is 9.47 Å². The largest absolute Gasteiger partial charge is 0.512 e. The molecular weight excluding hydrogens is 384 g/mol. The van der Waals surface area contributed by atoms with E-state index in [-0.39, 0.29) is 64.7 Å². The van der Waals surface area contributed by atoms with Crippen molar-refractivity contribution in [1.29, 1.82) is 0 Å². The van der Waals surface area contributed by atoms with Gasteiger partial charge in [-0.05, 0) is 28.5 Å². The number of ether oxygens (including phenoxy) is 2. The van der Waals surface area contributed by atoms with E-state index >= 15 is 0 Å². The molecule has 4 rings (SSSR count). The molecule has 1 heterocycles. The fourth-order valence-electron chi connectivity index (χ4n) is 4.83. The number of allylic oxidation sites excluding steroid dienone is 4. The van der Waals surface area contributed by atoms with Crippen LogP contribution in [-0.4, -0.2) is 28.6 Å². The van der Waals surface area contributed by atoms with Crippen molar-refractivity contribution in [3.8, 4) is 11.5 Å². The molecule has 0 unspecified atom stereocenters. The van der Waals surface area contributed by atoms with E-state index in [2.05, 4.69) is 0 Å². The third-order valence-corrected chi connectivity index (χ3v) is 6.10. The van der Waals surface area contributed by atoms with Crippen molar-refractivity contribution < 1.29 is 29.3 Å². The Kier molecular flexibility index (Phi) is 4.71. The summed E-state index contributed by atoms with van der Waals surface area (Å²) in [5, 5.41) is 21.8. The molecule has 6 heteroatoms. The smallest absolute Gasteiger partial charge is 0.231 e. The Morgan fingerprint density at radius 2 is 1.30 bits per heavy atom. The molecule has 0 saturated heterocycles. The van der Waals surface area contributed by atoms with Crippen molar-refractivity contribution in [2.75, 3.05) is 6.79 Å². The molecule has 0 aromatic heterocycles. The second kappa shape index (κ2) is 6.89. The zero-order valence-corrected chi connectivity index (χ0v) is 17.9. The highest BCUT2D eigenvalue weighted by molar-refractivity contribution is 6.05. The maximum atomic E-state index is 13.2. The first kappa shape index (κ1) is 20.5. The summed E-state index contributed by atoms with van der Waals surface area (Å²) < 4.78 is 10.9. The van der Waals surface area contributed by atoms with Gasteiger partial charge in [-0.25, -0.2) is 0 Å². The fourth-order valence-corrected chi connectivity index (χ4v) is 4.83. The van der Waals surface area contributed by atoms with Crippen LogP contribution >= 0.6 is 0 Å². The normalized spacial score (nSPS) is 22.8. The molecule has 1 aromatic carbocycles. The molecule has 0 spiro atoms. The first-order valence-corrected chi connectivity index (χ1v) is 10.3. The van der Waals surface area contributed by atoms with E-state index < -0.39 is 5.92 Å². The second-order valence-corrected chi connectivity index (χ2v) is 10.1. The summed E-state index contributed by atoms with van der Waals surface area (Å²) in [6.07, 6.45) is 1.20. The summed E-state index contributed by atoms with van der Waals surface area (Å²) in [5.74, 6) is -0.180. The van der Waals surface area contributed by atoms with Crippen LogP contribution < -0.4 is 9.47 Å². The van der Waals surface area contributed by atoms with Gasteiger partial charge in [0.1, 0.15) is 11.5 Å². The third kappa shape index (κ3) is 3.59. The van der Waals surface area contributed by atoms with Crippen LogP contribution in [0.25, 0.3) is 0 Å². The van der Waals surface area contributed by atoms with Crippen LogP contribution in [0.1, 0.15) is 64.9 Å². The maximum Gasteiger partial charge on any atom is 0.231 e. The topological polar surface area (TPSA) is 93.1 Å². The van der Waals surface area contributed by atoms with Gasteiger partial charge in [0.2, 0.25) is 6.79 Å². The molecule has 0 atom stereocenters. The average molecular weight is 412 g/mol. The Balaban J connectivity index is 1.91. The van der Waals surface area contributed by atoms with Crippen molar-refractivity contribution in [2.45, 2.75) is 59.3 Å². The zero-order valence-electron chi connectivity index (χ0n) is 17.9. The van der Waals surface area contributed by atoms with Gasteiger partial charge in [-0.1, -0.05) is 33.8 Å². The van der Waals surface area contributed by atoms with Gasteiger partial charge in [0, 0.05) is 42.7 Å². The summed E-state index contributed by atoms with van der Waals surface area (Å²) in [4.78, 5) is 26.3. The number of Topliss-reactive ketones (excluding diaryl/α,β-unsaturated/α-hetero) is 2. The van der Waals surface area contributed by atoms with E-state index in [1.54, 1.807) is 18.2 Å². The quantitative estimate of drug-likeness (QED) is 0.733. The highest BCUT2D eigenvalue weighted by Gasteiger charge is 2.43. The minimum absolute atomic E-state index is 0.0168. The molecule has 1 aromatic rings. The van der Waals surface area contributed by atoms with Gasteiger partial charge < -0.3 is 19.7 Å². The third-order valence-electron chi connectivity index (χ3n) is 6.10. The summed E-state index contributed by atoms with van der Waals surface area (Å²) in [7, 11) is 0. The molecule has 0 fully saturated rings. The molecule has 1 aliphatic heterocycles. The van der Waals surface area contributed by atoms with Gasteiger partial charge in [0.25, 0.3) is 0 Å². The lowest BCUT2D eigenvalue weighted by Crippen LogP contribution is -2.33. The summed E-state index contributed by atoms with van der Waals surface area (Å²) in [6.45, 7) is 7.82. The number of fused-ring (bicyclic) bond motifs is 1. The number of aliphatic hydroxyl groups excluding tert-OH is 2. The van der Waals surface area contributed by atoms with Crippen LogP contribution in [0.3, 0.4) is 0 Å². The van der Waals surface area contributed by atoms with E-state index in [1.807, 2.05) is 27.7 Å². The van der Waals surface area contributed by atoms with Crippen LogP contribution in [-0.2, 0) is 9.59 Å². The number of hydrogen-bond acceptors (Lipinski definition) is 6. The van der Waals surface area contributed by atoms with Crippen LogP contribution in [0.2, 0.25) is 0 Å². The Hall–Kier alpha value is -2.76. The van der Waals surface area contributed by atoms with Crippen LogP contribution in [0.4, 0.5) is 0 Å². The number of carbonyl (C=O) groups is 2. The van der Waals surface area contributed by atoms with Crippen LogP contribution in [0.15, 0.2) is 40.9 Å². The molecule has 0 bridgehead atoms. The molecule has 0 saturated carbocycles. The maximum absolute atomic E-state index is 13.2. The predicted molar refractivity (Wildman–Crippen MR) is 111 cm³/mol. The Morgan fingerprint density at radius 1 is 0.800 bits per heavy atom. The number of carbonyl (C=O) groups excluding carboxylic acids is 2. The van der Waals surface area contributed by atoms with E-state index in [0.29, 0.717) is 29.9 Å². The van der Waals surface area contributed by atoms with Gasteiger partial charge in [0.15, 0.2) is 23.1 Å². The number of rotatable bonds is 3. The second-order valence-electron chi connectivity index (χ2n) is 10.1. The minimum atomic E-state index is -0.841. The lowest BCUT2D eigenvalue weighted by atomic mass is 9.67. The summed E-state index contributed by atoms with van der Waals surface area (Å²) in [6, 6.07) is 5.22. The van der Waals surface area contributed by atoms with Gasteiger partial charge in [-0.2, -0.15) is 0 Å². The predicted octanol–water partition coefficient (Wildman–Crippen LogP) is 4.90. The highest BCUT2D eigenvalue weighted by atomic mass is 16.7. The SMILES string of the molecule is CC1(C)CC(=O)C(C(C2=C(O)CC(C)(C)CC2=O)c2ccc3c(c2)OCO3)=C(O)C1. The van der Waals surface area contributed by atoms with E-state index in [0.717, 1.165) is 0 Å². The van der Waals surface area contributed by atoms with Crippen LogP contribution in [0.5, 0.6) is 11.5 Å². The highest BCUT2D eigenvalue weighted by Crippen LogP contribution is 2.49. The molecule has 2 N–H and O–H groups in total. The zero-order chi connectivity index (χ0) is 21.8. The van der Waals surface area contributed by atoms with Gasteiger partial charge in [-0.3, -0.25) is 9.59 Å². The summed E-state index contributed by atoms with van der Waals surface area (Å²) in [5.41, 5.74) is 0.284. The van der Waals surface area contributed by atoms with Crippen molar-refractivity contribution >= 4 is 11.6 Å². The van der Waals surface area contributed by atoms with Crippen molar-refractivity contribution in [3.63, 3.8) is 0 Å². The average Bonchev–Trinajstić information content (AvgIpc) is 3.04. The minimum Gasteiger partial charge on any atom is -0.512 e.